The molecule has 0 spiro atoms. The Labute approximate surface area is 175 Å². The van der Waals surface area contributed by atoms with Crippen LogP contribution >= 0.6 is 0 Å². The molecule has 0 saturated carbocycles. The summed E-state index contributed by atoms with van der Waals surface area (Å²) in [5, 5.41) is 0. The number of benzene rings is 1. The van der Waals surface area contributed by atoms with Crippen molar-refractivity contribution in [3.8, 4) is 17.0 Å². The Balaban J connectivity index is 1.51. The second kappa shape index (κ2) is 9.19. The van der Waals surface area contributed by atoms with Crippen LogP contribution in [0.15, 0.2) is 53.6 Å². The Morgan fingerprint density at radius 1 is 1.23 bits per heavy atom. The fraction of sp³-hybridized carbons (Fsp3) is 0.348. The fourth-order valence-corrected chi connectivity index (χ4v) is 3.98. The summed E-state index contributed by atoms with van der Waals surface area (Å²) in [7, 11) is 3.39. The molecule has 1 aliphatic heterocycles. The van der Waals surface area contributed by atoms with Gasteiger partial charge >= 0.3 is 0 Å². The lowest BCUT2D eigenvalue weighted by atomic mass is 10.1. The van der Waals surface area contributed by atoms with E-state index in [-0.39, 0.29) is 11.5 Å². The van der Waals surface area contributed by atoms with Gasteiger partial charge in [0.1, 0.15) is 11.6 Å². The lowest BCUT2D eigenvalue weighted by Crippen LogP contribution is -2.21. The van der Waals surface area contributed by atoms with E-state index in [0.717, 1.165) is 54.3 Å². The largest absolute Gasteiger partial charge is 0.496 e. The standard InChI is InChI=1S/C23H26N4O3/c1-29-15-16-5-6-21(30-2)19(10-16)14-27-9-7-18(13-27)23-25-20(11-22(28)26-23)17-4-3-8-24-12-17/h3-6,8,10-12,18H,7,9,13-15H2,1-2H3,(H,25,26,28). The van der Waals surface area contributed by atoms with Gasteiger partial charge in [0.05, 0.1) is 19.4 Å². The molecule has 3 aromatic rings. The van der Waals surface area contributed by atoms with E-state index in [1.165, 1.54) is 6.07 Å². The molecule has 1 N–H and O–H groups in total. The molecule has 30 heavy (non-hydrogen) atoms. The molecule has 4 rings (SSSR count). The minimum absolute atomic E-state index is 0.133. The Morgan fingerprint density at radius 3 is 2.90 bits per heavy atom. The molecule has 1 aliphatic rings. The molecule has 7 nitrogen and oxygen atoms in total. The first-order chi connectivity index (χ1) is 14.7. The first-order valence-corrected chi connectivity index (χ1v) is 10.0. The summed E-state index contributed by atoms with van der Waals surface area (Å²) in [6.07, 6.45) is 4.38. The first-order valence-electron chi connectivity index (χ1n) is 10.0. The van der Waals surface area contributed by atoms with Crippen LogP contribution in [0.2, 0.25) is 0 Å². The number of H-pyrrole nitrogens is 1. The number of pyridine rings is 1. The monoisotopic (exact) mass is 406 g/mol. The van der Waals surface area contributed by atoms with Crippen LogP contribution in [0.25, 0.3) is 11.3 Å². The summed E-state index contributed by atoms with van der Waals surface area (Å²) in [6.45, 7) is 3.12. The second-order valence-corrected chi connectivity index (χ2v) is 7.56. The van der Waals surface area contributed by atoms with Crippen LogP contribution in [0.5, 0.6) is 5.75 Å². The smallest absolute Gasteiger partial charge is 0.251 e. The van der Waals surface area contributed by atoms with E-state index in [0.29, 0.717) is 12.3 Å². The van der Waals surface area contributed by atoms with Crippen LogP contribution in [0, 0.1) is 0 Å². The van der Waals surface area contributed by atoms with Crippen LogP contribution in [0.4, 0.5) is 0 Å². The number of rotatable bonds is 7. The highest BCUT2D eigenvalue weighted by Crippen LogP contribution is 2.29. The highest BCUT2D eigenvalue weighted by Gasteiger charge is 2.27. The van der Waals surface area contributed by atoms with Crippen molar-refractivity contribution in [1.29, 1.82) is 0 Å². The first kappa shape index (κ1) is 20.3. The van der Waals surface area contributed by atoms with Gasteiger partial charge < -0.3 is 14.5 Å². The van der Waals surface area contributed by atoms with Crippen molar-refractivity contribution in [2.24, 2.45) is 0 Å². The van der Waals surface area contributed by atoms with Crippen LogP contribution < -0.4 is 10.3 Å². The fourth-order valence-electron chi connectivity index (χ4n) is 3.98. The van der Waals surface area contributed by atoms with Crippen LogP contribution in [-0.4, -0.2) is 47.2 Å². The topological polar surface area (TPSA) is 80.3 Å². The van der Waals surface area contributed by atoms with E-state index < -0.39 is 0 Å². The molecular formula is C23H26N4O3. The molecule has 0 aliphatic carbocycles. The van der Waals surface area contributed by atoms with Crippen molar-refractivity contribution in [3.63, 3.8) is 0 Å². The van der Waals surface area contributed by atoms with E-state index in [2.05, 4.69) is 20.9 Å². The molecule has 1 atom stereocenters. The molecule has 3 heterocycles. The molecule has 1 unspecified atom stereocenters. The molecular weight excluding hydrogens is 380 g/mol. The predicted octanol–water partition coefficient (Wildman–Crippen LogP) is 2.98. The lowest BCUT2D eigenvalue weighted by Gasteiger charge is -2.19. The van der Waals surface area contributed by atoms with E-state index >= 15 is 0 Å². The zero-order valence-electron chi connectivity index (χ0n) is 17.3. The molecule has 2 aromatic heterocycles. The van der Waals surface area contributed by atoms with Crippen molar-refractivity contribution in [2.75, 3.05) is 27.3 Å². The molecule has 1 fully saturated rings. The SMILES string of the molecule is COCc1ccc(OC)c(CN2CCC(c3nc(-c4cccnc4)cc(=O)[nH]3)C2)c1. The lowest BCUT2D eigenvalue weighted by molar-refractivity contribution is 0.184. The van der Waals surface area contributed by atoms with Gasteiger partial charge in [-0.2, -0.15) is 0 Å². The Hall–Kier alpha value is -3.03. The zero-order chi connectivity index (χ0) is 20.9. The number of likely N-dealkylation sites (tertiary alicyclic amines) is 1. The Bertz CT molecular complexity index is 1050. The van der Waals surface area contributed by atoms with Gasteiger partial charge in [0.15, 0.2) is 0 Å². The zero-order valence-corrected chi connectivity index (χ0v) is 17.3. The number of aromatic nitrogens is 3. The number of aromatic amines is 1. The average Bonchev–Trinajstić information content (AvgIpc) is 3.23. The van der Waals surface area contributed by atoms with Gasteiger partial charge in [-0.1, -0.05) is 6.07 Å². The number of hydrogen-bond acceptors (Lipinski definition) is 6. The van der Waals surface area contributed by atoms with E-state index in [1.807, 2.05) is 24.3 Å². The summed E-state index contributed by atoms with van der Waals surface area (Å²) in [5.41, 5.74) is 3.64. The number of hydrogen-bond donors (Lipinski definition) is 1. The van der Waals surface area contributed by atoms with Crippen LogP contribution in [0.3, 0.4) is 0 Å². The van der Waals surface area contributed by atoms with Gasteiger partial charge in [0, 0.05) is 55.7 Å². The maximum Gasteiger partial charge on any atom is 0.251 e. The molecule has 0 radical (unpaired) electrons. The van der Waals surface area contributed by atoms with Gasteiger partial charge in [-0.25, -0.2) is 4.98 Å². The molecule has 1 saturated heterocycles. The minimum atomic E-state index is -0.133. The van der Waals surface area contributed by atoms with Gasteiger partial charge in [-0.15, -0.1) is 0 Å². The highest BCUT2D eigenvalue weighted by atomic mass is 16.5. The van der Waals surface area contributed by atoms with Gasteiger partial charge in [0.2, 0.25) is 0 Å². The number of methoxy groups -OCH3 is 2. The number of ether oxygens (including phenoxy) is 2. The predicted molar refractivity (Wildman–Crippen MR) is 114 cm³/mol. The maximum atomic E-state index is 12.2. The summed E-state index contributed by atoms with van der Waals surface area (Å²) in [6, 6.07) is 11.4. The quantitative estimate of drug-likeness (QED) is 0.650. The maximum absolute atomic E-state index is 12.2. The summed E-state index contributed by atoms with van der Waals surface area (Å²) in [5.74, 6) is 1.80. The van der Waals surface area contributed by atoms with Crippen molar-refractivity contribution >= 4 is 0 Å². The molecule has 156 valence electrons. The molecule has 0 bridgehead atoms. The summed E-state index contributed by atoms with van der Waals surface area (Å²) < 4.78 is 10.8. The van der Waals surface area contributed by atoms with Gasteiger partial charge in [-0.05, 0) is 42.8 Å². The molecule has 1 aromatic carbocycles. The van der Waals surface area contributed by atoms with E-state index in [4.69, 9.17) is 14.5 Å². The van der Waals surface area contributed by atoms with Crippen LogP contribution in [-0.2, 0) is 17.9 Å². The van der Waals surface area contributed by atoms with Crippen molar-refractivity contribution in [2.45, 2.75) is 25.5 Å². The van der Waals surface area contributed by atoms with E-state index in [1.54, 1.807) is 26.6 Å². The molecule has 0 amide bonds. The third-order valence-electron chi connectivity index (χ3n) is 5.43. The summed E-state index contributed by atoms with van der Waals surface area (Å²) >= 11 is 0. The Morgan fingerprint density at radius 2 is 2.13 bits per heavy atom. The van der Waals surface area contributed by atoms with Crippen molar-refractivity contribution in [1.82, 2.24) is 19.9 Å². The van der Waals surface area contributed by atoms with Crippen molar-refractivity contribution in [3.05, 3.63) is 76.1 Å². The van der Waals surface area contributed by atoms with Crippen LogP contribution in [0.1, 0.15) is 29.3 Å². The van der Waals surface area contributed by atoms with Crippen molar-refractivity contribution < 1.29 is 9.47 Å². The van der Waals surface area contributed by atoms with Gasteiger partial charge in [0.25, 0.3) is 5.56 Å². The van der Waals surface area contributed by atoms with E-state index in [9.17, 15) is 4.79 Å². The Kier molecular flexibility index (Phi) is 6.21. The number of nitrogens with zero attached hydrogens (tertiary/aromatic N) is 3. The minimum Gasteiger partial charge on any atom is -0.496 e. The third-order valence-corrected chi connectivity index (χ3v) is 5.43. The average molecular weight is 406 g/mol. The number of nitrogens with one attached hydrogen (secondary N) is 1. The normalized spacial score (nSPS) is 16.7. The third kappa shape index (κ3) is 4.58. The summed E-state index contributed by atoms with van der Waals surface area (Å²) in [4.78, 5) is 26.4. The van der Waals surface area contributed by atoms with Gasteiger partial charge in [-0.3, -0.25) is 14.7 Å². The molecule has 7 heteroatoms. The second-order valence-electron chi connectivity index (χ2n) is 7.56. The highest BCUT2D eigenvalue weighted by molar-refractivity contribution is 5.57.